The number of rotatable bonds is 3. The van der Waals surface area contributed by atoms with E-state index in [1.165, 1.54) is 16.7 Å². The molecule has 134 valence electrons. The zero-order valence-electron chi connectivity index (χ0n) is 13.7. The Labute approximate surface area is 147 Å². The second kappa shape index (κ2) is 7.13. The lowest BCUT2D eigenvalue weighted by atomic mass is 10.1. The van der Waals surface area contributed by atoms with Crippen molar-refractivity contribution >= 4 is 17.2 Å². The van der Waals surface area contributed by atoms with Crippen LogP contribution in [0.2, 0.25) is 0 Å². The molecule has 1 aliphatic rings. The van der Waals surface area contributed by atoms with E-state index in [0.717, 1.165) is 6.07 Å². The van der Waals surface area contributed by atoms with E-state index < -0.39 is 17.6 Å². The molecule has 3 heterocycles. The molecule has 1 amide bonds. The molecular weight excluding hydrogens is 351 g/mol. The lowest BCUT2D eigenvalue weighted by Crippen LogP contribution is -2.49. The highest BCUT2D eigenvalue weighted by Crippen LogP contribution is 2.32. The first-order chi connectivity index (χ1) is 11.9. The van der Waals surface area contributed by atoms with E-state index in [1.807, 2.05) is 5.38 Å². The Morgan fingerprint density at radius 2 is 1.96 bits per heavy atom. The molecule has 25 heavy (non-hydrogen) atoms. The first-order valence-corrected chi connectivity index (χ1v) is 8.89. The molecule has 3 rings (SSSR count). The van der Waals surface area contributed by atoms with Crippen LogP contribution in [0.5, 0.6) is 0 Å². The van der Waals surface area contributed by atoms with Crippen LogP contribution in [0.25, 0.3) is 0 Å². The summed E-state index contributed by atoms with van der Waals surface area (Å²) < 4.78 is 39.2. The third-order valence-electron chi connectivity index (χ3n) is 4.53. The monoisotopic (exact) mass is 369 g/mol. The number of pyridine rings is 1. The van der Waals surface area contributed by atoms with Gasteiger partial charge in [0.25, 0.3) is 5.91 Å². The SMILES string of the molecule is C[C@@H](c1ccsc1)N1CCN(C(=O)c2ccncc2C(F)(F)F)CC1. The van der Waals surface area contributed by atoms with Crippen LogP contribution in [0.15, 0.2) is 35.3 Å². The minimum atomic E-state index is -4.59. The molecule has 0 N–H and O–H groups in total. The summed E-state index contributed by atoms with van der Waals surface area (Å²) in [6.45, 7) is 4.19. The predicted octanol–water partition coefficient (Wildman–Crippen LogP) is 3.68. The zero-order chi connectivity index (χ0) is 18.0. The van der Waals surface area contributed by atoms with Crippen LogP contribution in [-0.4, -0.2) is 46.9 Å². The fourth-order valence-electron chi connectivity index (χ4n) is 3.01. The lowest BCUT2D eigenvalue weighted by Gasteiger charge is -2.38. The smallest absolute Gasteiger partial charge is 0.336 e. The Hall–Kier alpha value is -1.93. The molecular formula is C17H18F3N3OS. The molecule has 0 saturated carbocycles. The van der Waals surface area contributed by atoms with Crippen molar-refractivity contribution in [3.05, 3.63) is 52.0 Å². The summed E-state index contributed by atoms with van der Waals surface area (Å²) in [5.41, 5.74) is -0.0887. The van der Waals surface area contributed by atoms with Gasteiger partial charge in [0, 0.05) is 44.6 Å². The number of hydrogen-bond acceptors (Lipinski definition) is 4. The summed E-state index contributed by atoms with van der Waals surface area (Å²) in [6.07, 6.45) is -2.66. The van der Waals surface area contributed by atoms with Gasteiger partial charge in [-0.3, -0.25) is 14.7 Å². The topological polar surface area (TPSA) is 36.4 Å². The summed E-state index contributed by atoms with van der Waals surface area (Å²) in [7, 11) is 0. The minimum absolute atomic E-state index is 0.232. The van der Waals surface area contributed by atoms with Crippen molar-refractivity contribution in [3.8, 4) is 0 Å². The molecule has 0 aromatic carbocycles. The second-order valence-electron chi connectivity index (χ2n) is 5.98. The number of thiophene rings is 1. The van der Waals surface area contributed by atoms with Gasteiger partial charge in [-0.25, -0.2) is 0 Å². The Kier molecular flexibility index (Phi) is 5.10. The molecule has 2 aromatic heterocycles. The highest BCUT2D eigenvalue weighted by molar-refractivity contribution is 7.07. The Balaban J connectivity index is 1.68. The number of carbonyl (C=O) groups excluding carboxylic acids is 1. The van der Waals surface area contributed by atoms with E-state index in [2.05, 4.69) is 28.3 Å². The number of amides is 1. The van der Waals surface area contributed by atoms with Crippen molar-refractivity contribution in [1.82, 2.24) is 14.8 Å². The normalized spacial score (nSPS) is 17.5. The largest absolute Gasteiger partial charge is 0.418 e. The second-order valence-corrected chi connectivity index (χ2v) is 6.76. The molecule has 0 aliphatic carbocycles. The van der Waals surface area contributed by atoms with E-state index in [1.54, 1.807) is 11.3 Å². The van der Waals surface area contributed by atoms with Crippen LogP contribution in [0.3, 0.4) is 0 Å². The van der Waals surface area contributed by atoms with E-state index >= 15 is 0 Å². The first-order valence-electron chi connectivity index (χ1n) is 7.94. The summed E-state index contributed by atoms with van der Waals surface area (Å²) in [5.74, 6) is -0.586. The molecule has 8 heteroatoms. The average Bonchev–Trinajstić information content (AvgIpc) is 3.14. The van der Waals surface area contributed by atoms with Crippen LogP contribution >= 0.6 is 11.3 Å². The van der Waals surface area contributed by atoms with Crippen LogP contribution in [0.4, 0.5) is 13.2 Å². The van der Waals surface area contributed by atoms with Crippen LogP contribution in [0, 0.1) is 0 Å². The minimum Gasteiger partial charge on any atom is -0.336 e. The fraction of sp³-hybridized carbons (Fsp3) is 0.412. The van der Waals surface area contributed by atoms with Crippen molar-refractivity contribution in [2.45, 2.75) is 19.1 Å². The van der Waals surface area contributed by atoms with Gasteiger partial charge in [0.1, 0.15) is 0 Å². The molecule has 1 aliphatic heterocycles. The Morgan fingerprint density at radius 1 is 1.24 bits per heavy atom. The molecule has 1 saturated heterocycles. The van der Waals surface area contributed by atoms with Gasteiger partial charge in [-0.05, 0) is 35.4 Å². The number of nitrogens with zero attached hydrogens (tertiary/aromatic N) is 3. The molecule has 2 aromatic rings. The molecule has 0 unspecified atom stereocenters. The van der Waals surface area contributed by atoms with Gasteiger partial charge in [-0.2, -0.15) is 24.5 Å². The maximum absolute atomic E-state index is 13.1. The Morgan fingerprint density at radius 3 is 2.56 bits per heavy atom. The lowest BCUT2D eigenvalue weighted by molar-refractivity contribution is -0.138. The predicted molar refractivity (Wildman–Crippen MR) is 89.4 cm³/mol. The van der Waals surface area contributed by atoms with E-state index in [9.17, 15) is 18.0 Å². The van der Waals surface area contributed by atoms with Gasteiger partial charge in [0.15, 0.2) is 0 Å². The standard InChI is InChI=1S/C17H18F3N3OS/c1-12(13-3-9-25-11-13)22-5-7-23(8-6-22)16(24)14-2-4-21-10-15(14)17(18,19)20/h2-4,9-12H,5-8H2,1H3/t12-/m0/s1. The van der Waals surface area contributed by atoms with Crippen molar-refractivity contribution in [1.29, 1.82) is 0 Å². The number of aromatic nitrogens is 1. The number of hydrogen-bond donors (Lipinski definition) is 0. The fourth-order valence-corrected chi connectivity index (χ4v) is 3.76. The number of alkyl halides is 3. The van der Waals surface area contributed by atoms with E-state index in [-0.39, 0.29) is 11.6 Å². The highest BCUT2D eigenvalue weighted by Gasteiger charge is 2.37. The third-order valence-corrected chi connectivity index (χ3v) is 5.23. The van der Waals surface area contributed by atoms with E-state index in [0.29, 0.717) is 32.4 Å². The maximum Gasteiger partial charge on any atom is 0.418 e. The van der Waals surface area contributed by atoms with Gasteiger partial charge < -0.3 is 4.90 Å². The number of carbonyl (C=O) groups is 1. The number of piperazine rings is 1. The third kappa shape index (κ3) is 3.85. The van der Waals surface area contributed by atoms with Gasteiger partial charge in [-0.1, -0.05) is 0 Å². The van der Waals surface area contributed by atoms with Gasteiger partial charge >= 0.3 is 6.18 Å². The zero-order valence-corrected chi connectivity index (χ0v) is 14.5. The summed E-state index contributed by atoms with van der Waals surface area (Å²) in [4.78, 5) is 19.8. The Bertz CT molecular complexity index is 725. The van der Waals surface area contributed by atoms with Crippen molar-refractivity contribution in [3.63, 3.8) is 0 Å². The van der Waals surface area contributed by atoms with Gasteiger partial charge in [-0.15, -0.1) is 0 Å². The van der Waals surface area contributed by atoms with Crippen LogP contribution < -0.4 is 0 Å². The first kappa shape index (κ1) is 17.9. The maximum atomic E-state index is 13.1. The van der Waals surface area contributed by atoms with Crippen LogP contribution in [0.1, 0.15) is 34.5 Å². The molecule has 0 bridgehead atoms. The summed E-state index contributed by atoms with van der Waals surface area (Å²) in [5, 5.41) is 4.11. The summed E-state index contributed by atoms with van der Waals surface area (Å²) >= 11 is 1.63. The van der Waals surface area contributed by atoms with Gasteiger partial charge in [0.2, 0.25) is 0 Å². The van der Waals surface area contributed by atoms with Gasteiger partial charge in [0.05, 0.1) is 11.1 Å². The number of halogens is 3. The summed E-state index contributed by atoms with van der Waals surface area (Å²) in [6, 6.07) is 3.44. The molecule has 4 nitrogen and oxygen atoms in total. The van der Waals surface area contributed by atoms with Crippen molar-refractivity contribution in [2.75, 3.05) is 26.2 Å². The quantitative estimate of drug-likeness (QED) is 0.828. The molecule has 1 atom stereocenters. The molecule has 0 spiro atoms. The van der Waals surface area contributed by atoms with E-state index in [4.69, 9.17) is 0 Å². The molecule has 0 radical (unpaired) electrons. The molecule has 1 fully saturated rings. The highest BCUT2D eigenvalue weighted by atomic mass is 32.1. The average molecular weight is 369 g/mol. The van der Waals surface area contributed by atoms with Crippen LogP contribution in [-0.2, 0) is 6.18 Å². The van der Waals surface area contributed by atoms with Crippen molar-refractivity contribution in [2.24, 2.45) is 0 Å². The van der Waals surface area contributed by atoms with Crippen molar-refractivity contribution < 1.29 is 18.0 Å².